The third-order valence-electron chi connectivity index (χ3n) is 5.92. The number of imide groups is 1. The molecule has 0 unspecified atom stereocenters. The normalized spacial score (nSPS) is 15.5. The maximum Gasteiger partial charge on any atom is 0.332 e. The first-order chi connectivity index (χ1) is 16.9. The average Bonchev–Trinajstić information content (AvgIpc) is 3.08. The van der Waals surface area contributed by atoms with Crippen LogP contribution in [-0.2, 0) is 16.0 Å². The summed E-state index contributed by atoms with van der Waals surface area (Å²) in [5.41, 5.74) is 2.84. The molecule has 1 fully saturated rings. The first-order valence-electron chi connectivity index (χ1n) is 11.3. The van der Waals surface area contributed by atoms with E-state index in [-0.39, 0.29) is 13.0 Å². The number of nitrogens with zero attached hydrogens (tertiary/aromatic N) is 2. The smallest absolute Gasteiger partial charge is 0.332 e. The fourth-order valence-corrected chi connectivity index (χ4v) is 3.98. The van der Waals surface area contributed by atoms with Crippen LogP contribution in [0.15, 0.2) is 72.8 Å². The molecule has 3 aromatic rings. The molecule has 1 heterocycles. The first kappa shape index (κ1) is 23.9. The van der Waals surface area contributed by atoms with Crippen LogP contribution in [0, 0.1) is 12.7 Å². The lowest BCUT2D eigenvalue weighted by atomic mass is 10.1. The molecule has 0 spiro atoms. The maximum absolute atomic E-state index is 13.4. The molecule has 4 rings (SSSR count). The highest BCUT2D eigenvalue weighted by Crippen LogP contribution is 2.28. The second kappa shape index (κ2) is 10.4. The number of hydrogen-bond acceptors (Lipinski definition) is 4. The minimum Gasteiger partial charge on any atom is -0.497 e. The van der Waals surface area contributed by atoms with Crippen LogP contribution < -0.4 is 15.0 Å². The molecule has 3 aromatic carbocycles. The topological polar surface area (TPSA) is 79.0 Å². The predicted molar refractivity (Wildman–Crippen MR) is 131 cm³/mol. The summed E-state index contributed by atoms with van der Waals surface area (Å²) < 4.78 is 18.4. The van der Waals surface area contributed by atoms with Crippen molar-refractivity contribution in [2.75, 3.05) is 23.9 Å². The summed E-state index contributed by atoms with van der Waals surface area (Å²) in [5.74, 6) is -0.592. The Morgan fingerprint density at radius 3 is 2.26 bits per heavy atom. The van der Waals surface area contributed by atoms with Crippen LogP contribution in [0.3, 0.4) is 0 Å². The number of hydrogen-bond donors (Lipinski definition) is 1. The van der Waals surface area contributed by atoms with Gasteiger partial charge in [0.15, 0.2) is 0 Å². The Balaban J connectivity index is 1.54. The molecule has 0 bridgehead atoms. The average molecular weight is 476 g/mol. The van der Waals surface area contributed by atoms with E-state index in [1.54, 1.807) is 19.2 Å². The van der Waals surface area contributed by atoms with Gasteiger partial charge in [0.1, 0.15) is 17.6 Å². The second-order valence-electron chi connectivity index (χ2n) is 8.36. The zero-order chi connectivity index (χ0) is 24.9. The molecule has 8 heteroatoms. The fourth-order valence-electron chi connectivity index (χ4n) is 3.98. The van der Waals surface area contributed by atoms with Crippen molar-refractivity contribution < 1.29 is 23.5 Å². The van der Waals surface area contributed by atoms with E-state index >= 15 is 0 Å². The Labute approximate surface area is 203 Å². The van der Waals surface area contributed by atoms with Crippen molar-refractivity contribution in [3.05, 3.63) is 89.7 Å². The third kappa shape index (κ3) is 5.48. The summed E-state index contributed by atoms with van der Waals surface area (Å²) in [7, 11) is 1.59. The number of urea groups is 1. The molecule has 0 saturated carbocycles. The van der Waals surface area contributed by atoms with Gasteiger partial charge in [-0.1, -0.05) is 29.8 Å². The maximum atomic E-state index is 13.4. The number of amides is 4. The molecule has 1 atom stereocenters. The van der Waals surface area contributed by atoms with Crippen molar-refractivity contribution in [2.45, 2.75) is 25.8 Å². The number of carbonyl (C=O) groups is 3. The molecule has 0 aromatic heterocycles. The number of carbonyl (C=O) groups excluding carboxylic acids is 3. The zero-order valence-electron chi connectivity index (χ0n) is 19.5. The highest BCUT2D eigenvalue weighted by Gasteiger charge is 2.46. The van der Waals surface area contributed by atoms with E-state index in [4.69, 9.17) is 4.74 Å². The van der Waals surface area contributed by atoms with Crippen LogP contribution in [0.1, 0.15) is 17.5 Å². The third-order valence-corrected chi connectivity index (χ3v) is 5.92. The lowest BCUT2D eigenvalue weighted by Gasteiger charge is -2.21. The van der Waals surface area contributed by atoms with Crippen LogP contribution >= 0.6 is 0 Å². The SMILES string of the molecule is COc1ccc(CCN2C(=O)N(c3ccc(C)cc3)C(=O)[C@@H]2CC(=O)Nc2ccc(F)cc2)cc1. The van der Waals surface area contributed by atoms with E-state index in [9.17, 15) is 18.8 Å². The van der Waals surface area contributed by atoms with Crippen molar-refractivity contribution >= 4 is 29.2 Å². The highest BCUT2D eigenvalue weighted by atomic mass is 19.1. The lowest BCUT2D eigenvalue weighted by Crippen LogP contribution is -2.39. The van der Waals surface area contributed by atoms with E-state index in [1.165, 1.54) is 29.2 Å². The van der Waals surface area contributed by atoms with E-state index < -0.39 is 29.7 Å². The van der Waals surface area contributed by atoms with E-state index in [0.717, 1.165) is 21.8 Å². The Kier molecular flexibility index (Phi) is 7.10. The van der Waals surface area contributed by atoms with Gasteiger partial charge in [-0.2, -0.15) is 0 Å². The van der Waals surface area contributed by atoms with Crippen LogP contribution in [0.4, 0.5) is 20.6 Å². The Morgan fingerprint density at radius 1 is 0.971 bits per heavy atom. The van der Waals surface area contributed by atoms with Gasteiger partial charge in [0.05, 0.1) is 19.2 Å². The molecule has 35 heavy (non-hydrogen) atoms. The Morgan fingerprint density at radius 2 is 1.63 bits per heavy atom. The zero-order valence-corrected chi connectivity index (χ0v) is 19.5. The summed E-state index contributed by atoms with van der Waals surface area (Å²) in [6, 6.07) is 18.5. The van der Waals surface area contributed by atoms with Crippen molar-refractivity contribution in [2.24, 2.45) is 0 Å². The summed E-state index contributed by atoms with van der Waals surface area (Å²) in [6.45, 7) is 2.18. The van der Waals surface area contributed by atoms with Gasteiger partial charge in [-0.05, 0) is 67.4 Å². The summed E-state index contributed by atoms with van der Waals surface area (Å²) in [4.78, 5) is 42.0. The van der Waals surface area contributed by atoms with Crippen LogP contribution in [0.5, 0.6) is 5.75 Å². The number of benzene rings is 3. The monoisotopic (exact) mass is 475 g/mol. The van der Waals surface area contributed by atoms with Gasteiger partial charge in [0.25, 0.3) is 5.91 Å². The molecular formula is C27H26FN3O4. The molecule has 1 aliphatic rings. The fraction of sp³-hybridized carbons (Fsp3) is 0.222. The van der Waals surface area contributed by atoms with Crippen LogP contribution in [0.2, 0.25) is 0 Å². The molecule has 7 nitrogen and oxygen atoms in total. The number of methoxy groups -OCH3 is 1. The number of aryl methyl sites for hydroxylation is 1. The van der Waals surface area contributed by atoms with Crippen molar-refractivity contribution in [1.82, 2.24) is 4.90 Å². The summed E-state index contributed by atoms with van der Waals surface area (Å²) in [6.07, 6.45) is 0.285. The number of nitrogens with one attached hydrogen (secondary N) is 1. The number of ether oxygens (including phenoxy) is 1. The molecular weight excluding hydrogens is 449 g/mol. The number of halogens is 1. The van der Waals surface area contributed by atoms with Gasteiger partial charge in [0.2, 0.25) is 5.91 Å². The number of rotatable bonds is 8. The van der Waals surface area contributed by atoms with Crippen LogP contribution in [-0.4, -0.2) is 42.4 Å². The van der Waals surface area contributed by atoms with Crippen molar-refractivity contribution in [3.63, 3.8) is 0 Å². The van der Waals surface area contributed by atoms with Gasteiger partial charge in [-0.25, -0.2) is 14.1 Å². The van der Waals surface area contributed by atoms with Gasteiger partial charge >= 0.3 is 6.03 Å². The predicted octanol–water partition coefficient (Wildman–Crippen LogP) is 4.55. The second-order valence-corrected chi connectivity index (χ2v) is 8.36. The lowest BCUT2D eigenvalue weighted by molar-refractivity contribution is -0.124. The minimum atomic E-state index is -0.956. The van der Waals surface area contributed by atoms with Gasteiger partial charge in [-0.3, -0.25) is 9.59 Å². The highest BCUT2D eigenvalue weighted by molar-refractivity contribution is 6.22. The molecule has 0 aliphatic carbocycles. The molecule has 0 radical (unpaired) electrons. The van der Waals surface area contributed by atoms with E-state index in [2.05, 4.69) is 5.32 Å². The van der Waals surface area contributed by atoms with Gasteiger partial charge in [0, 0.05) is 12.2 Å². The van der Waals surface area contributed by atoms with Gasteiger partial charge < -0.3 is 15.0 Å². The molecule has 180 valence electrons. The molecule has 1 saturated heterocycles. The quantitative estimate of drug-likeness (QED) is 0.485. The standard InChI is InChI=1S/C27H26FN3O4/c1-18-3-11-22(12-4-18)31-26(33)24(17-25(32)29-21-9-7-20(28)8-10-21)30(27(31)34)16-15-19-5-13-23(35-2)14-6-19/h3-14,24H,15-17H2,1-2H3,(H,29,32)/t24-/m0/s1. The Bertz CT molecular complexity index is 1210. The molecule has 1 aliphatic heterocycles. The van der Waals surface area contributed by atoms with E-state index in [0.29, 0.717) is 17.8 Å². The van der Waals surface area contributed by atoms with E-state index in [1.807, 2.05) is 43.3 Å². The molecule has 1 N–H and O–H groups in total. The Hall–Kier alpha value is -4.20. The van der Waals surface area contributed by atoms with Crippen molar-refractivity contribution in [1.29, 1.82) is 0 Å². The molecule has 4 amide bonds. The summed E-state index contributed by atoms with van der Waals surface area (Å²) in [5, 5.41) is 2.67. The summed E-state index contributed by atoms with van der Waals surface area (Å²) >= 11 is 0. The minimum absolute atomic E-state index is 0.215. The first-order valence-corrected chi connectivity index (χ1v) is 11.3. The van der Waals surface area contributed by atoms with Gasteiger partial charge in [-0.15, -0.1) is 0 Å². The van der Waals surface area contributed by atoms with Crippen LogP contribution in [0.25, 0.3) is 0 Å². The van der Waals surface area contributed by atoms with Crippen molar-refractivity contribution in [3.8, 4) is 5.75 Å². The number of anilines is 2. The largest absolute Gasteiger partial charge is 0.497 e.